The third-order valence-electron chi connectivity index (χ3n) is 3.65. The molecule has 1 aromatic carbocycles. The molecule has 0 heterocycles. The van der Waals surface area contributed by atoms with Gasteiger partial charge in [0.05, 0.1) is 6.61 Å². The first-order valence-electron chi connectivity index (χ1n) is 8.02. The molecule has 5 heteroatoms. The quantitative estimate of drug-likeness (QED) is 0.782. The molecule has 0 aliphatic rings. The van der Waals surface area contributed by atoms with Gasteiger partial charge in [0, 0.05) is 17.0 Å². The van der Waals surface area contributed by atoms with Gasteiger partial charge in [0.25, 0.3) is 0 Å². The van der Waals surface area contributed by atoms with Crippen LogP contribution in [-0.4, -0.2) is 30.0 Å². The molecule has 1 amide bonds. The van der Waals surface area contributed by atoms with Gasteiger partial charge in [-0.1, -0.05) is 43.1 Å². The lowest BCUT2D eigenvalue weighted by atomic mass is 9.78. The van der Waals surface area contributed by atoms with E-state index in [1.807, 2.05) is 45.0 Å². The van der Waals surface area contributed by atoms with Crippen molar-refractivity contribution in [2.45, 2.75) is 52.6 Å². The van der Waals surface area contributed by atoms with E-state index in [1.165, 1.54) is 0 Å². The molecule has 1 rings (SSSR count). The van der Waals surface area contributed by atoms with Crippen molar-refractivity contribution in [1.82, 2.24) is 5.32 Å². The predicted octanol–water partition coefficient (Wildman–Crippen LogP) is 4.19. The number of aliphatic hydroxyl groups excluding tert-OH is 1. The Morgan fingerprint density at radius 3 is 2.48 bits per heavy atom. The number of carbonyl (C=O) groups is 1. The lowest BCUT2D eigenvalue weighted by Crippen LogP contribution is -2.43. The number of nitrogens with one attached hydrogen (secondary N) is 1. The first kappa shape index (κ1) is 19.8. The number of halogens is 1. The summed E-state index contributed by atoms with van der Waals surface area (Å²) in [5, 5.41) is 13.4. The van der Waals surface area contributed by atoms with Gasteiger partial charge in [-0.2, -0.15) is 0 Å². The van der Waals surface area contributed by atoms with E-state index in [0.29, 0.717) is 18.0 Å². The van der Waals surface area contributed by atoms with Crippen molar-refractivity contribution in [1.29, 1.82) is 0 Å². The third-order valence-corrected chi connectivity index (χ3v) is 4.01. The summed E-state index contributed by atoms with van der Waals surface area (Å²) in [6.45, 7) is 7.84. The summed E-state index contributed by atoms with van der Waals surface area (Å²) in [5.41, 5.74) is -0.0153. The molecule has 0 fully saturated rings. The van der Waals surface area contributed by atoms with Gasteiger partial charge < -0.3 is 15.2 Å². The molecule has 1 aromatic rings. The molecule has 2 N–H and O–H groups in total. The minimum absolute atomic E-state index is 0.0259. The smallest absolute Gasteiger partial charge is 0.407 e. The Morgan fingerprint density at radius 2 is 1.96 bits per heavy atom. The molecule has 23 heavy (non-hydrogen) atoms. The van der Waals surface area contributed by atoms with Crippen molar-refractivity contribution < 1.29 is 14.6 Å². The van der Waals surface area contributed by atoms with E-state index in [-0.39, 0.29) is 6.61 Å². The Morgan fingerprint density at radius 1 is 1.30 bits per heavy atom. The van der Waals surface area contributed by atoms with Crippen LogP contribution in [0, 0.1) is 5.41 Å². The van der Waals surface area contributed by atoms with Crippen LogP contribution in [0.5, 0.6) is 0 Å². The Bertz CT molecular complexity index is 513. The number of hydrogen-bond donors (Lipinski definition) is 2. The third kappa shape index (κ3) is 6.80. The zero-order chi connectivity index (χ0) is 17.5. The summed E-state index contributed by atoms with van der Waals surface area (Å²) < 4.78 is 5.27. The van der Waals surface area contributed by atoms with Gasteiger partial charge in [-0.3, -0.25) is 0 Å². The van der Waals surface area contributed by atoms with E-state index in [9.17, 15) is 9.90 Å². The molecule has 0 radical (unpaired) electrons. The lowest BCUT2D eigenvalue weighted by molar-refractivity contribution is 0.0455. The molecule has 130 valence electrons. The second kappa shape index (κ2) is 8.55. The summed E-state index contributed by atoms with van der Waals surface area (Å²) in [5.74, 6) is 0. The molecule has 0 aromatic heterocycles. The number of benzene rings is 1. The molecule has 4 nitrogen and oxygen atoms in total. The monoisotopic (exact) mass is 341 g/mol. The zero-order valence-corrected chi connectivity index (χ0v) is 15.2. The number of aliphatic hydroxyl groups is 1. The summed E-state index contributed by atoms with van der Waals surface area (Å²) in [6.07, 6.45) is 1.82. The van der Waals surface area contributed by atoms with Crippen molar-refractivity contribution in [2.24, 2.45) is 5.41 Å². The number of alkyl carbamates (subject to hydrolysis) is 1. The van der Waals surface area contributed by atoms with Crippen molar-refractivity contribution in [3.8, 4) is 0 Å². The van der Waals surface area contributed by atoms with E-state index in [2.05, 4.69) is 12.2 Å². The fourth-order valence-electron chi connectivity index (χ4n) is 2.58. The summed E-state index contributed by atoms with van der Waals surface area (Å²) in [6, 6.07) is 7.60. The van der Waals surface area contributed by atoms with Crippen LogP contribution in [-0.2, 0) is 11.2 Å². The highest BCUT2D eigenvalue weighted by Crippen LogP contribution is 2.31. The second-order valence-corrected chi connectivity index (χ2v) is 7.44. The zero-order valence-electron chi connectivity index (χ0n) is 14.5. The van der Waals surface area contributed by atoms with E-state index in [1.54, 1.807) is 0 Å². The van der Waals surface area contributed by atoms with Gasteiger partial charge in [-0.25, -0.2) is 4.79 Å². The van der Waals surface area contributed by atoms with Crippen LogP contribution in [0.15, 0.2) is 24.3 Å². The Labute approximate surface area is 144 Å². The maximum atomic E-state index is 11.9. The van der Waals surface area contributed by atoms with Crippen molar-refractivity contribution in [3.63, 3.8) is 0 Å². The van der Waals surface area contributed by atoms with Gasteiger partial charge in [0.2, 0.25) is 0 Å². The summed E-state index contributed by atoms with van der Waals surface area (Å²) >= 11 is 6.24. The van der Waals surface area contributed by atoms with Crippen LogP contribution < -0.4 is 5.32 Å². The fraction of sp³-hybridized carbons (Fsp3) is 0.611. The van der Waals surface area contributed by atoms with Gasteiger partial charge in [-0.15, -0.1) is 0 Å². The molecule has 0 saturated carbocycles. The average Bonchev–Trinajstić information content (AvgIpc) is 2.45. The fourth-order valence-corrected chi connectivity index (χ4v) is 2.78. The molecular formula is C18H28ClNO3. The number of hydrogen-bond acceptors (Lipinski definition) is 3. The number of carbonyl (C=O) groups excluding carboxylic acids is 1. The maximum Gasteiger partial charge on any atom is 0.407 e. The maximum absolute atomic E-state index is 11.9. The number of rotatable bonds is 7. The Hall–Kier alpha value is -1.26. The molecule has 0 spiro atoms. The Balaban J connectivity index is 2.82. The molecule has 0 saturated heterocycles. The van der Waals surface area contributed by atoms with Crippen molar-refractivity contribution in [2.75, 3.05) is 13.2 Å². The molecule has 0 aliphatic carbocycles. The lowest BCUT2D eigenvalue weighted by Gasteiger charge is -2.33. The SMILES string of the molecule is CCCC(CO)(CNC(=O)OC(C)(C)C)Cc1ccccc1Cl. The van der Waals surface area contributed by atoms with E-state index in [4.69, 9.17) is 16.3 Å². The highest BCUT2D eigenvalue weighted by molar-refractivity contribution is 6.31. The van der Waals surface area contributed by atoms with Crippen molar-refractivity contribution in [3.05, 3.63) is 34.9 Å². The van der Waals surface area contributed by atoms with Gasteiger partial charge in [-0.05, 0) is 45.2 Å². The van der Waals surface area contributed by atoms with E-state index in [0.717, 1.165) is 18.4 Å². The predicted molar refractivity (Wildman–Crippen MR) is 93.8 cm³/mol. The molecule has 0 bridgehead atoms. The summed E-state index contributed by atoms with van der Waals surface area (Å²) in [7, 11) is 0. The van der Waals surface area contributed by atoms with E-state index >= 15 is 0 Å². The minimum Gasteiger partial charge on any atom is -0.444 e. The standard InChI is InChI=1S/C18H28ClNO3/c1-5-10-18(13-21,11-14-8-6-7-9-15(14)19)12-20-16(22)23-17(2,3)4/h6-9,21H,5,10-13H2,1-4H3,(H,20,22). The van der Waals surface area contributed by atoms with E-state index < -0.39 is 17.1 Å². The van der Waals surface area contributed by atoms with Crippen LogP contribution in [0.3, 0.4) is 0 Å². The molecular weight excluding hydrogens is 314 g/mol. The molecule has 1 unspecified atom stereocenters. The number of ether oxygens (including phenoxy) is 1. The van der Waals surface area contributed by atoms with Gasteiger partial charge in [0.15, 0.2) is 0 Å². The highest BCUT2D eigenvalue weighted by atomic mass is 35.5. The van der Waals surface area contributed by atoms with Crippen LogP contribution >= 0.6 is 11.6 Å². The topological polar surface area (TPSA) is 58.6 Å². The first-order valence-corrected chi connectivity index (χ1v) is 8.40. The van der Waals surface area contributed by atoms with Crippen LogP contribution in [0.25, 0.3) is 0 Å². The normalized spacial score (nSPS) is 14.2. The van der Waals surface area contributed by atoms with Crippen LogP contribution in [0.1, 0.15) is 46.1 Å². The average molecular weight is 342 g/mol. The van der Waals surface area contributed by atoms with Crippen molar-refractivity contribution >= 4 is 17.7 Å². The minimum atomic E-state index is -0.542. The van der Waals surface area contributed by atoms with Gasteiger partial charge >= 0.3 is 6.09 Å². The summed E-state index contributed by atoms with van der Waals surface area (Å²) in [4.78, 5) is 11.9. The Kier molecular flexibility index (Phi) is 7.36. The molecule has 1 atom stereocenters. The molecule has 0 aliphatic heterocycles. The first-order chi connectivity index (χ1) is 10.7. The van der Waals surface area contributed by atoms with Gasteiger partial charge in [0.1, 0.15) is 5.60 Å². The largest absolute Gasteiger partial charge is 0.444 e. The van der Waals surface area contributed by atoms with Crippen LogP contribution in [0.2, 0.25) is 5.02 Å². The highest BCUT2D eigenvalue weighted by Gasteiger charge is 2.31. The van der Waals surface area contributed by atoms with Crippen LogP contribution in [0.4, 0.5) is 4.79 Å². The number of amides is 1. The second-order valence-electron chi connectivity index (χ2n) is 7.03.